The molecule has 0 aromatic heterocycles. The summed E-state index contributed by atoms with van der Waals surface area (Å²) >= 11 is 0. The Balaban J connectivity index is 3.04. The van der Waals surface area contributed by atoms with Gasteiger partial charge < -0.3 is 15.6 Å². The van der Waals surface area contributed by atoms with Gasteiger partial charge in [-0.05, 0) is 18.2 Å². The summed E-state index contributed by atoms with van der Waals surface area (Å²) in [5.74, 6) is 4.99. The van der Waals surface area contributed by atoms with Crippen molar-refractivity contribution >= 4 is 5.97 Å². The molecular formula is C12H13NO3. The van der Waals surface area contributed by atoms with E-state index in [0.717, 1.165) is 0 Å². The predicted molar refractivity (Wildman–Crippen MR) is 60.5 cm³/mol. The van der Waals surface area contributed by atoms with E-state index in [1.54, 1.807) is 12.1 Å². The molecule has 0 fully saturated rings. The van der Waals surface area contributed by atoms with E-state index >= 15 is 0 Å². The molecule has 4 heteroatoms. The molecule has 0 spiro atoms. The average Bonchev–Trinajstić information content (AvgIpc) is 2.29. The second-order valence-corrected chi connectivity index (χ2v) is 3.06. The molecule has 0 atom stereocenters. The highest BCUT2D eigenvalue weighted by atomic mass is 16.5. The molecule has 1 rings (SSSR count). The van der Waals surface area contributed by atoms with Gasteiger partial charge in [0.1, 0.15) is 11.3 Å². The molecule has 0 saturated carbocycles. The van der Waals surface area contributed by atoms with Gasteiger partial charge in [-0.1, -0.05) is 11.8 Å². The Morgan fingerprint density at radius 1 is 1.56 bits per heavy atom. The van der Waals surface area contributed by atoms with Gasteiger partial charge in [0, 0.05) is 18.5 Å². The van der Waals surface area contributed by atoms with Gasteiger partial charge in [0.15, 0.2) is 0 Å². The van der Waals surface area contributed by atoms with Crippen molar-refractivity contribution in [2.75, 3.05) is 13.7 Å². The molecule has 0 aliphatic carbocycles. The predicted octanol–water partition coefficient (Wildman–Crippen LogP) is 1.09. The molecule has 0 aliphatic heterocycles. The summed E-state index contributed by atoms with van der Waals surface area (Å²) in [4.78, 5) is 10.9. The van der Waals surface area contributed by atoms with E-state index in [-0.39, 0.29) is 5.56 Å². The molecule has 0 amide bonds. The van der Waals surface area contributed by atoms with Gasteiger partial charge in [0.2, 0.25) is 0 Å². The van der Waals surface area contributed by atoms with Gasteiger partial charge in [-0.25, -0.2) is 4.79 Å². The number of carbonyl (C=O) groups is 1. The largest absolute Gasteiger partial charge is 0.496 e. The number of carboxylic acids is 1. The number of carboxylic acid groups (broad SMARTS) is 1. The van der Waals surface area contributed by atoms with Crippen LogP contribution in [0.1, 0.15) is 22.3 Å². The minimum Gasteiger partial charge on any atom is -0.496 e. The first-order chi connectivity index (χ1) is 7.69. The van der Waals surface area contributed by atoms with Crippen LogP contribution in [0.5, 0.6) is 5.75 Å². The van der Waals surface area contributed by atoms with Gasteiger partial charge >= 0.3 is 5.97 Å². The van der Waals surface area contributed by atoms with Gasteiger partial charge in [-0.15, -0.1) is 0 Å². The Morgan fingerprint density at radius 2 is 2.31 bits per heavy atom. The number of hydrogen-bond acceptors (Lipinski definition) is 3. The molecule has 0 radical (unpaired) electrons. The van der Waals surface area contributed by atoms with Crippen LogP contribution in [-0.4, -0.2) is 24.7 Å². The molecule has 0 bridgehead atoms. The topological polar surface area (TPSA) is 72.5 Å². The lowest BCUT2D eigenvalue weighted by atomic mass is 10.1. The lowest BCUT2D eigenvalue weighted by Crippen LogP contribution is -2.00. The Hall–Kier alpha value is -1.99. The molecular weight excluding hydrogens is 206 g/mol. The molecule has 4 nitrogen and oxygen atoms in total. The second-order valence-electron chi connectivity index (χ2n) is 3.06. The quantitative estimate of drug-likeness (QED) is 0.746. The van der Waals surface area contributed by atoms with E-state index in [4.69, 9.17) is 15.6 Å². The summed E-state index contributed by atoms with van der Waals surface area (Å²) < 4.78 is 4.94. The molecule has 0 aliphatic rings. The Kier molecular flexibility index (Phi) is 4.37. The van der Waals surface area contributed by atoms with Crippen LogP contribution in [0.4, 0.5) is 0 Å². The lowest BCUT2D eigenvalue weighted by molar-refractivity contribution is 0.0693. The summed E-state index contributed by atoms with van der Waals surface area (Å²) in [6.07, 6.45) is 0.592. The summed E-state index contributed by atoms with van der Waals surface area (Å²) in [6.45, 7) is 0.495. The number of hydrogen-bond donors (Lipinski definition) is 2. The van der Waals surface area contributed by atoms with Crippen LogP contribution < -0.4 is 10.5 Å². The van der Waals surface area contributed by atoms with E-state index in [0.29, 0.717) is 24.3 Å². The molecule has 1 aromatic rings. The first-order valence-corrected chi connectivity index (χ1v) is 4.79. The van der Waals surface area contributed by atoms with Crippen molar-refractivity contribution in [1.29, 1.82) is 0 Å². The van der Waals surface area contributed by atoms with Crippen molar-refractivity contribution in [2.45, 2.75) is 6.42 Å². The van der Waals surface area contributed by atoms with E-state index in [1.807, 2.05) is 0 Å². The summed E-state index contributed by atoms with van der Waals surface area (Å²) in [6, 6.07) is 4.80. The minimum absolute atomic E-state index is 0.113. The third-order valence-corrected chi connectivity index (χ3v) is 1.93. The monoisotopic (exact) mass is 219 g/mol. The zero-order valence-electron chi connectivity index (χ0n) is 8.99. The maximum atomic E-state index is 10.9. The molecule has 0 saturated heterocycles. The molecule has 84 valence electrons. The van der Waals surface area contributed by atoms with Crippen molar-refractivity contribution in [2.24, 2.45) is 5.73 Å². The van der Waals surface area contributed by atoms with Gasteiger partial charge in [-0.2, -0.15) is 0 Å². The Labute approximate surface area is 94.0 Å². The van der Waals surface area contributed by atoms with Gasteiger partial charge in [0.05, 0.1) is 7.11 Å². The highest BCUT2D eigenvalue weighted by Crippen LogP contribution is 2.19. The van der Waals surface area contributed by atoms with Crippen LogP contribution in [-0.2, 0) is 0 Å². The van der Waals surface area contributed by atoms with E-state index in [9.17, 15) is 4.79 Å². The van der Waals surface area contributed by atoms with Gasteiger partial charge in [0.25, 0.3) is 0 Å². The Bertz CT molecular complexity index is 443. The third-order valence-electron chi connectivity index (χ3n) is 1.93. The van der Waals surface area contributed by atoms with Gasteiger partial charge in [-0.3, -0.25) is 0 Å². The van der Waals surface area contributed by atoms with Crippen LogP contribution in [0.15, 0.2) is 18.2 Å². The summed E-state index contributed by atoms with van der Waals surface area (Å²) in [5.41, 5.74) is 6.06. The molecule has 1 aromatic carbocycles. The number of aromatic carboxylic acids is 1. The van der Waals surface area contributed by atoms with Crippen LogP contribution in [0.3, 0.4) is 0 Å². The van der Waals surface area contributed by atoms with Crippen LogP contribution in [0, 0.1) is 11.8 Å². The first-order valence-electron chi connectivity index (χ1n) is 4.79. The van der Waals surface area contributed by atoms with E-state index < -0.39 is 5.97 Å². The fourth-order valence-electron chi connectivity index (χ4n) is 1.19. The fourth-order valence-corrected chi connectivity index (χ4v) is 1.19. The van der Waals surface area contributed by atoms with Crippen molar-refractivity contribution in [3.63, 3.8) is 0 Å². The van der Waals surface area contributed by atoms with E-state index in [2.05, 4.69) is 11.8 Å². The van der Waals surface area contributed by atoms with Crippen molar-refractivity contribution in [3.8, 4) is 17.6 Å². The minimum atomic E-state index is -1.03. The third kappa shape index (κ3) is 3.01. The zero-order valence-corrected chi connectivity index (χ0v) is 8.99. The SMILES string of the molecule is COc1ccc(C#CCCN)cc1C(=O)O. The van der Waals surface area contributed by atoms with Crippen molar-refractivity contribution < 1.29 is 14.6 Å². The maximum Gasteiger partial charge on any atom is 0.339 e. The maximum absolute atomic E-state index is 10.9. The second kappa shape index (κ2) is 5.79. The average molecular weight is 219 g/mol. The summed E-state index contributed by atoms with van der Waals surface area (Å²) in [7, 11) is 1.43. The van der Waals surface area contributed by atoms with Crippen molar-refractivity contribution in [1.82, 2.24) is 0 Å². The Morgan fingerprint density at radius 3 is 2.88 bits per heavy atom. The molecule has 0 unspecified atom stereocenters. The van der Waals surface area contributed by atoms with Crippen LogP contribution >= 0.6 is 0 Å². The zero-order chi connectivity index (χ0) is 12.0. The lowest BCUT2D eigenvalue weighted by Gasteiger charge is -2.04. The highest BCUT2D eigenvalue weighted by molar-refractivity contribution is 5.91. The smallest absolute Gasteiger partial charge is 0.339 e. The number of methoxy groups -OCH3 is 1. The summed E-state index contributed by atoms with van der Waals surface area (Å²) in [5, 5.41) is 8.94. The number of ether oxygens (including phenoxy) is 1. The van der Waals surface area contributed by atoms with E-state index in [1.165, 1.54) is 13.2 Å². The normalized spacial score (nSPS) is 9.12. The molecule has 3 N–H and O–H groups in total. The molecule has 0 heterocycles. The molecule has 16 heavy (non-hydrogen) atoms. The standard InChI is InChI=1S/C12H13NO3/c1-16-11-6-5-9(4-2-3-7-13)8-10(11)12(14)15/h5-6,8H,3,7,13H2,1H3,(H,14,15). The van der Waals surface area contributed by atoms with Crippen LogP contribution in [0.25, 0.3) is 0 Å². The van der Waals surface area contributed by atoms with Crippen LogP contribution in [0.2, 0.25) is 0 Å². The number of benzene rings is 1. The number of rotatable bonds is 3. The highest BCUT2D eigenvalue weighted by Gasteiger charge is 2.10. The fraction of sp³-hybridized carbons (Fsp3) is 0.250. The van der Waals surface area contributed by atoms with Crippen molar-refractivity contribution in [3.05, 3.63) is 29.3 Å². The first kappa shape index (κ1) is 12.1. The number of nitrogens with two attached hydrogens (primary N) is 1.